The van der Waals surface area contributed by atoms with Crippen LogP contribution in [0.1, 0.15) is 47.9 Å². The van der Waals surface area contributed by atoms with E-state index in [1.807, 2.05) is 20.8 Å². The fourth-order valence-corrected chi connectivity index (χ4v) is 2.71. The van der Waals surface area contributed by atoms with Gasteiger partial charge in [-0.3, -0.25) is 9.59 Å². The fourth-order valence-electron chi connectivity index (χ4n) is 2.71. The van der Waals surface area contributed by atoms with Crippen LogP contribution in [-0.2, 0) is 9.53 Å². The van der Waals surface area contributed by atoms with Gasteiger partial charge in [0.2, 0.25) is 0 Å². The number of anilines is 1. The lowest BCUT2D eigenvalue weighted by molar-refractivity contribution is -0.119. The zero-order valence-corrected chi connectivity index (χ0v) is 17.6. The number of rotatable bonds is 10. The highest BCUT2D eigenvalue weighted by atomic mass is 16.5. The number of hydrogen-bond donors (Lipinski definition) is 1. The van der Waals surface area contributed by atoms with Gasteiger partial charge in [0.05, 0.1) is 12.2 Å². The fraction of sp³-hybridized carbons (Fsp3) is 0.348. The summed E-state index contributed by atoms with van der Waals surface area (Å²) in [5.74, 6) is -0.437. The van der Waals surface area contributed by atoms with Gasteiger partial charge in [-0.05, 0) is 68.8 Å². The third-order valence-electron chi connectivity index (χ3n) is 4.36. The van der Waals surface area contributed by atoms with Crippen LogP contribution < -0.4 is 10.1 Å². The van der Waals surface area contributed by atoms with Crippen LogP contribution in [0.25, 0.3) is 0 Å². The second kappa shape index (κ2) is 11.6. The second-order valence-corrected chi connectivity index (χ2v) is 6.55. The Hall–Kier alpha value is -3.35. The smallest absolute Gasteiger partial charge is 0.338 e. The molecule has 0 heterocycles. The minimum absolute atomic E-state index is 0.0575. The number of nitrogens with zero attached hydrogens (tertiary/aromatic N) is 1. The standard InChI is InChI=1S/C23H28N2O5/c1-4-15-29-20-13-9-18(10-14-20)23(28)30-16-21(26)24-19-11-7-17(8-12-19)22(27)25(5-2)6-3/h7-14H,4-6,15-16H2,1-3H3,(H,24,26). The van der Waals surface area contributed by atoms with Gasteiger partial charge in [0.1, 0.15) is 5.75 Å². The summed E-state index contributed by atoms with van der Waals surface area (Å²) in [6.45, 7) is 7.32. The molecule has 2 amide bonds. The van der Waals surface area contributed by atoms with Gasteiger partial charge in [0.25, 0.3) is 11.8 Å². The van der Waals surface area contributed by atoms with Crippen molar-refractivity contribution in [2.24, 2.45) is 0 Å². The molecule has 30 heavy (non-hydrogen) atoms. The maximum atomic E-state index is 12.3. The number of ether oxygens (including phenoxy) is 2. The first-order chi connectivity index (χ1) is 14.5. The molecule has 0 aliphatic carbocycles. The van der Waals surface area contributed by atoms with Crippen LogP contribution in [0.15, 0.2) is 48.5 Å². The average molecular weight is 412 g/mol. The van der Waals surface area contributed by atoms with Crippen molar-refractivity contribution >= 4 is 23.5 Å². The van der Waals surface area contributed by atoms with E-state index in [1.165, 1.54) is 0 Å². The number of hydrogen-bond acceptors (Lipinski definition) is 5. The maximum absolute atomic E-state index is 12.3. The van der Waals surface area contributed by atoms with E-state index in [9.17, 15) is 14.4 Å². The highest BCUT2D eigenvalue weighted by Gasteiger charge is 2.13. The maximum Gasteiger partial charge on any atom is 0.338 e. The number of esters is 1. The Kier molecular flexibility index (Phi) is 8.87. The number of nitrogens with one attached hydrogen (secondary N) is 1. The molecule has 0 bridgehead atoms. The molecule has 2 aromatic rings. The zero-order chi connectivity index (χ0) is 21.9. The molecule has 0 saturated carbocycles. The highest BCUT2D eigenvalue weighted by Crippen LogP contribution is 2.14. The van der Waals surface area contributed by atoms with E-state index in [4.69, 9.17) is 9.47 Å². The van der Waals surface area contributed by atoms with Gasteiger partial charge in [-0.15, -0.1) is 0 Å². The van der Waals surface area contributed by atoms with E-state index < -0.39 is 18.5 Å². The van der Waals surface area contributed by atoms with Crippen molar-refractivity contribution in [3.63, 3.8) is 0 Å². The summed E-state index contributed by atoms with van der Waals surface area (Å²) in [7, 11) is 0. The summed E-state index contributed by atoms with van der Waals surface area (Å²) >= 11 is 0. The van der Waals surface area contributed by atoms with Crippen molar-refractivity contribution in [1.82, 2.24) is 4.90 Å². The van der Waals surface area contributed by atoms with E-state index in [0.717, 1.165) is 6.42 Å². The van der Waals surface area contributed by atoms with Crippen LogP contribution in [-0.4, -0.2) is 49.0 Å². The first-order valence-corrected chi connectivity index (χ1v) is 10.1. The average Bonchev–Trinajstić information content (AvgIpc) is 2.77. The molecule has 0 aromatic heterocycles. The molecule has 0 aliphatic rings. The van der Waals surface area contributed by atoms with Crippen molar-refractivity contribution < 1.29 is 23.9 Å². The molecule has 0 fully saturated rings. The number of carbonyl (C=O) groups is 3. The van der Waals surface area contributed by atoms with Crippen molar-refractivity contribution in [3.05, 3.63) is 59.7 Å². The molecule has 0 saturated heterocycles. The predicted octanol–water partition coefficient (Wildman–Crippen LogP) is 3.75. The lowest BCUT2D eigenvalue weighted by Gasteiger charge is -2.18. The number of benzene rings is 2. The lowest BCUT2D eigenvalue weighted by atomic mass is 10.2. The summed E-state index contributed by atoms with van der Waals surface area (Å²) in [6.07, 6.45) is 0.897. The molecular formula is C23H28N2O5. The molecule has 160 valence electrons. The topological polar surface area (TPSA) is 84.9 Å². The summed E-state index contributed by atoms with van der Waals surface area (Å²) in [6, 6.07) is 13.2. The van der Waals surface area contributed by atoms with Gasteiger partial charge in [-0.25, -0.2) is 4.79 Å². The molecule has 0 unspecified atom stereocenters. The van der Waals surface area contributed by atoms with E-state index in [-0.39, 0.29) is 5.91 Å². The van der Waals surface area contributed by atoms with E-state index >= 15 is 0 Å². The minimum atomic E-state index is -0.590. The van der Waals surface area contributed by atoms with Gasteiger partial charge in [0.15, 0.2) is 6.61 Å². The van der Waals surface area contributed by atoms with Crippen molar-refractivity contribution in [2.45, 2.75) is 27.2 Å². The largest absolute Gasteiger partial charge is 0.494 e. The monoisotopic (exact) mass is 412 g/mol. The van der Waals surface area contributed by atoms with E-state index in [1.54, 1.807) is 53.4 Å². The van der Waals surface area contributed by atoms with Crippen LogP contribution in [0.2, 0.25) is 0 Å². The zero-order valence-electron chi connectivity index (χ0n) is 17.6. The van der Waals surface area contributed by atoms with Crippen LogP contribution in [0.4, 0.5) is 5.69 Å². The summed E-state index contributed by atoms with van der Waals surface area (Å²) in [5.41, 5.74) is 1.41. The SMILES string of the molecule is CCCOc1ccc(C(=O)OCC(=O)Nc2ccc(C(=O)N(CC)CC)cc2)cc1. The quantitative estimate of drug-likeness (QED) is 0.601. The normalized spacial score (nSPS) is 10.2. The molecule has 0 radical (unpaired) electrons. The molecule has 2 aromatic carbocycles. The van der Waals surface area contributed by atoms with E-state index in [2.05, 4.69) is 5.32 Å². The molecule has 1 N–H and O–H groups in total. The Morgan fingerprint density at radius 2 is 1.47 bits per heavy atom. The molecule has 0 spiro atoms. The Labute approximate surface area is 177 Å². The Morgan fingerprint density at radius 3 is 2.03 bits per heavy atom. The molecule has 2 rings (SSSR count). The third kappa shape index (κ3) is 6.62. The van der Waals surface area contributed by atoms with Crippen LogP contribution >= 0.6 is 0 Å². The second-order valence-electron chi connectivity index (χ2n) is 6.55. The van der Waals surface area contributed by atoms with Gasteiger partial charge in [-0.2, -0.15) is 0 Å². The van der Waals surface area contributed by atoms with Crippen LogP contribution in [0, 0.1) is 0 Å². The number of carbonyl (C=O) groups excluding carboxylic acids is 3. The molecular weight excluding hydrogens is 384 g/mol. The van der Waals surface area contributed by atoms with Gasteiger partial charge in [-0.1, -0.05) is 6.92 Å². The van der Waals surface area contributed by atoms with Crippen molar-refractivity contribution in [1.29, 1.82) is 0 Å². The predicted molar refractivity (Wildman–Crippen MR) is 115 cm³/mol. The molecule has 7 heteroatoms. The molecule has 0 aliphatic heterocycles. The van der Waals surface area contributed by atoms with Gasteiger partial charge >= 0.3 is 5.97 Å². The Morgan fingerprint density at radius 1 is 0.867 bits per heavy atom. The van der Waals surface area contributed by atoms with Gasteiger partial charge in [0, 0.05) is 24.3 Å². The summed E-state index contributed by atoms with van der Waals surface area (Å²) < 4.78 is 10.5. The number of amides is 2. The molecule has 7 nitrogen and oxygen atoms in total. The van der Waals surface area contributed by atoms with Crippen molar-refractivity contribution in [3.8, 4) is 5.75 Å². The van der Waals surface area contributed by atoms with Crippen molar-refractivity contribution in [2.75, 3.05) is 31.6 Å². The minimum Gasteiger partial charge on any atom is -0.494 e. The Bertz CT molecular complexity index is 843. The molecule has 0 atom stereocenters. The van der Waals surface area contributed by atoms with E-state index in [0.29, 0.717) is 42.3 Å². The third-order valence-corrected chi connectivity index (χ3v) is 4.36. The lowest BCUT2D eigenvalue weighted by Crippen LogP contribution is -2.30. The summed E-state index contributed by atoms with van der Waals surface area (Å²) in [4.78, 5) is 38.2. The Balaban J connectivity index is 1.84. The highest BCUT2D eigenvalue weighted by molar-refractivity contribution is 5.97. The van der Waals surface area contributed by atoms with Crippen LogP contribution in [0.3, 0.4) is 0 Å². The first kappa shape index (κ1) is 22.9. The van der Waals surface area contributed by atoms with Crippen LogP contribution in [0.5, 0.6) is 5.75 Å². The summed E-state index contributed by atoms with van der Waals surface area (Å²) in [5, 5.41) is 2.64. The van der Waals surface area contributed by atoms with Gasteiger partial charge < -0.3 is 19.7 Å². The first-order valence-electron chi connectivity index (χ1n) is 10.1.